The molecule has 1 N–H and O–H groups in total. The molecule has 0 saturated heterocycles. The van der Waals surface area contributed by atoms with Gasteiger partial charge in [-0.1, -0.05) is 47.6 Å². The van der Waals surface area contributed by atoms with Crippen LogP contribution in [-0.4, -0.2) is 40.4 Å². The van der Waals surface area contributed by atoms with Gasteiger partial charge in [-0.2, -0.15) is 0 Å². The van der Waals surface area contributed by atoms with E-state index in [1.807, 2.05) is 30.3 Å². The molecule has 7 nitrogen and oxygen atoms in total. The Bertz CT molecular complexity index is 1040. The molecule has 29 heavy (non-hydrogen) atoms. The molecule has 0 bridgehead atoms. The number of nitrogens with one attached hydrogen (secondary N) is 1. The molecule has 3 aromatic rings. The van der Waals surface area contributed by atoms with Crippen molar-refractivity contribution in [3.05, 3.63) is 77.7 Å². The Morgan fingerprint density at radius 3 is 2.76 bits per heavy atom. The molecule has 2 aromatic carbocycles. The fourth-order valence-electron chi connectivity index (χ4n) is 3.23. The number of benzene rings is 2. The SMILES string of the molecule is CN1C(=O)[C@@H](NC(=O)c2cc(Cc3ccccc3)on2)C[S+]([O-])c2ccccc21. The van der Waals surface area contributed by atoms with Crippen molar-refractivity contribution in [3.63, 3.8) is 0 Å². The normalized spacial score (nSPS) is 18.8. The summed E-state index contributed by atoms with van der Waals surface area (Å²) in [6, 6.07) is 17.3. The number of nitrogens with zero attached hydrogens (tertiary/aromatic N) is 2. The third kappa shape index (κ3) is 4.03. The highest BCUT2D eigenvalue weighted by molar-refractivity contribution is 7.91. The van der Waals surface area contributed by atoms with Gasteiger partial charge in [-0.3, -0.25) is 9.59 Å². The highest BCUT2D eigenvalue weighted by Gasteiger charge is 2.37. The molecule has 0 saturated carbocycles. The van der Waals surface area contributed by atoms with Crippen LogP contribution in [0.2, 0.25) is 0 Å². The van der Waals surface area contributed by atoms with Gasteiger partial charge < -0.3 is 19.3 Å². The van der Waals surface area contributed by atoms with Crippen LogP contribution in [-0.2, 0) is 22.4 Å². The second-order valence-corrected chi connectivity index (χ2v) is 8.21. The zero-order chi connectivity index (χ0) is 20.4. The zero-order valence-corrected chi connectivity index (χ0v) is 16.5. The molecule has 148 valence electrons. The van der Waals surface area contributed by atoms with Crippen LogP contribution in [0.5, 0.6) is 0 Å². The molecular weight excluding hydrogens is 390 g/mol. The van der Waals surface area contributed by atoms with Crippen LogP contribution in [0.3, 0.4) is 0 Å². The number of para-hydroxylation sites is 1. The number of aromatic nitrogens is 1. The van der Waals surface area contributed by atoms with Crippen LogP contribution in [0.4, 0.5) is 5.69 Å². The molecule has 0 aliphatic carbocycles. The second-order valence-electron chi connectivity index (χ2n) is 6.74. The lowest BCUT2D eigenvalue weighted by atomic mass is 10.1. The summed E-state index contributed by atoms with van der Waals surface area (Å²) in [7, 11) is 1.61. The number of amides is 2. The molecule has 8 heteroatoms. The van der Waals surface area contributed by atoms with Crippen molar-refractivity contribution >= 4 is 28.7 Å². The average Bonchev–Trinajstić information content (AvgIpc) is 3.18. The molecule has 1 aromatic heterocycles. The van der Waals surface area contributed by atoms with Crippen molar-refractivity contribution < 1.29 is 18.7 Å². The summed E-state index contributed by atoms with van der Waals surface area (Å²) in [5.74, 6) is -0.324. The molecule has 2 atom stereocenters. The second kappa shape index (κ2) is 8.10. The lowest BCUT2D eigenvalue weighted by Gasteiger charge is -2.19. The highest BCUT2D eigenvalue weighted by atomic mass is 32.2. The fourth-order valence-corrected chi connectivity index (χ4v) is 4.60. The summed E-state index contributed by atoms with van der Waals surface area (Å²) in [4.78, 5) is 27.4. The molecule has 0 fully saturated rings. The first kappa shape index (κ1) is 19.2. The van der Waals surface area contributed by atoms with Gasteiger partial charge >= 0.3 is 0 Å². The summed E-state index contributed by atoms with van der Waals surface area (Å²) in [5, 5.41) is 6.47. The van der Waals surface area contributed by atoms with Gasteiger partial charge in [-0.15, -0.1) is 0 Å². The number of rotatable bonds is 4. The van der Waals surface area contributed by atoms with Crippen molar-refractivity contribution in [2.24, 2.45) is 0 Å². The van der Waals surface area contributed by atoms with E-state index in [4.69, 9.17) is 4.52 Å². The molecular formula is C21H19N3O4S. The van der Waals surface area contributed by atoms with Gasteiger partial charge in [0.25, 0.3) is 11.8 Å². The third-order valence-electron chi connectivity index (χ3n) is 4.74. The quantitative estimate of drug-likeness (QED) is 0.666. The largest absolute Gasteiger partial charge is 0.611 e. The standard InChI is InChI=1S/C21H19N3O4S/c1-24-18-9-5-6-10-19(18)29(27)13-17(21(24)26)22-20(25)16-12-15(28-23-16)11-14-7-3-2-4-8-14/h2-10,12,17H,11,13H2,1H3,(H,22,25)/t17-,29?/m0/s1. The Hall–Kier alpha value is -3.10. The summed E-state index contributed by atoms with van der Waals surface area (Å²) in [6.07, 6.45) is 0.505. The molecule has 1 unspecified atom stereocenters. The van der Waals surface area contributed by atoms with Crippen molar-refractivity contribution in [3.8, 4) is 0 Å². The van der Waals surface area contributed by atoms with Crippen LogP contribution < -0.4 is 10.2 Å². The van der Waals surface area contributed by atoms with Crippen molar-refractivity contribution in [1.29, 1.82) is 0 Å². The minimum Gasteiger partial charge on any atom is -0.611 e. The van der Waals surface area contributed by atoms with Gasteiger partial charge in [0.2, 0.25) is 0 Å². The van der Waals surface area contributed by atoms with E-state index in [1.54, 1.807) is 37.4 Å². The number of hydrogen-bond donors (Lipinski definition) is 1. The van der Waals surface area contributed by atoms with E-state index in [2.05, 4.69) is 10.5 Å². The van der Waals surface area contributed by atoms with Crippen LogP contribution in [0.15, 0.2) is 70.1 Å². The summed E-state index contributed by atoms with van der Waals surface area (Å²) in [6.45, 7) is 0. The maximum absolute atomic E-state index is 12.8. The van der Waals surface area contributed by atoms with E-state index in [1.165, 1.54) is 4.90 Å². The Labute approximate surface area is 170 Å². The third-order valence-corrected chi connectivity index (χ3v) is 6.21. The number of carbonyl (C=O) groups excluding carboxylic acids is 2. The van der Waals surface area contributed by atoms with E-state index in [9.17, 15) is 14.1 Å². The summed E-state index contributed by atoms with van der Waals surface area (Å²) >= 11 is -1.42. The lowest BCUT2D eigenvalue weighted by molar-refractivity contribution is -0.119. The van der Waals surface area contributed by atoms with Crippen molar-refractivity contribution in [2.45, 2.75) is 17.4 Å². The fraction of sp³-hybridized carbons (Fsp3) is 0.190. The number of carbonyl (C=O) groups is 2. The smallest absolute Gasteiger partial charge is 0.274 e. The Morgan fingerprint density at radius 2 is 1.97 bits per heavy atom. The lowest BCUT2D eigenvalue weighted by Crippen LogP contribution is -2.49. The average molecular weight is 409 g/mol. The van der Waals surface area contributed by atoms with E-state index >= 15 is 0 Å². The van der Waals surface area contributed by atoms with E-state index in [-0.39, 0.29) is 17.4 Å². The topological polar surface area (TPSA) is 98.5 Å². The van der Waals surface area contributed by atoms with Crippen LogP contribution in [0.1, 0.15) is 21.8 Å². The molecule has 0 spiro atoms. The zero-order valence-electron chi connectivity index (χ0n) is 15.7. The molecule has 1 aliphatic heterocycles. The molecule has 1 aliphatic rings. The van der Waals surface area contributed by atoms with Gasteiger partial charge in [-0.05, 0) is 28.9 Å². The highest BCUT2D eigenvalue weighted by Crippen LogP contribution is 2.29. The van der Waals surface area contributed by atoms with Gasteiger partial charge in [0, 0.05) is 19.5 Å². The first-order valence-corrected chi connectivity index (χ1v) is 10.4. The predicted molar refractivity (Wildman–Crippen MR) is 108 cm³/mol. The van der Waals surface area contributed by atoms with Gasteiger partial charge in [0.05, 0.1) is 5.69 Å². The minimum absolute atomic E-state index is 0.000645. The number of likely N-dealkylation sites (N-methyl/N-ethyl adjacent to an activating group) is 1. The number of fused-ring (bicyclic) bond motifs is 1. The summed E-state index contributed by atoms with van der Waals surface area (Å²) < 4.78 is 17.9. The van der Waals surface area contributed by atoms with Gasteiger partial charge in [0.1, 0.15) is 11.5 Å². The van der Waals surface area contributed by atoms with Crippen molar-refractivity contribution in [2.75, 3.05) is 17.7 Å². The van der Waals surface area contributed by atoms with E-state index < -0.39 is 23.1 Å². The maximum atomic E-state index is 12.8. The summed E-state index contributed by atoms with van der Waals surface area (Å²) in [5.41, 5.74) is 1.70. The van der Waals surface area contributed by atoms with Crippen LogP contribution in [0.25, 0.3) is 0 Å². The first-order valence-electron chi connectivity index (χ1n) is 9.08. The Morgan fingerprint density at radius 1 is 1.24 bits per heavy atom. The van der Waals surface area contributed by atoms with Gasteiger partial charge in [-0.25, -0.2) is 0 Å². The maximum Gasteiger partial charge on any atom is 0.274 e. The van der Waals surface area contributed by atoms with E-state index in [0.717, 1.165) is 5.56 Å². The Balaban J connectivity index is 1.48. The van der Waals surface area contributed by atoms with Crippen LogP contribution in [0, 0.1) is 0 Å². The van der Waals surface area contributed by atoms with E-state index in [0.29, 0.717) is 22.8 Å². The molecule has 0 radical (unpaired) electrons. The van der Waals surface area contributed by atoms with Crippen LogP contribution >= 0.6 is 0 Å². The number of hydrogen-bond acceptors (Lipinski definition) is 5. The molecule has 4 rings (SSSR count). The Kier molecular flexibility index (Phi) is 5.37. The monoisotopic (exact) mass is 409 g/mol. The molecule has 2 amide bonds. The minimum atomic E-state index is -1.42. The molecule has 2 heterocycles. The number of anilines is 1. The predicted octanol–water partition coefficient (Wildman–Crippen LogP) is 2.15. The van der Waals surface area contributed by atoms with Gasteiger partial charge in [0.15, 0.2) is 16.6 Å². The van der Waals surface area contributed by atoms with Crippen molar-refractivity contribution in [1.82, 2.24) is 10.5 Å². The first-order chi connectivity index (χ1) is 14.0.